The summed E-state index contributed by atoms with van der Waals surface area (Å²) in [6.07, 6.45) is 3.89. The fraction of sp³-hybridized carbons (Fsp3) is 0.394. The lowest BCUT2D eigenvalue weighted by Gasteiger charge is -2.32. The Bertz CT molecular complexity index is 1540. The van der Waals surface area contributed by atoms with Crippen molar-refractivity contribution in [2.75, 3.05) is 10.8 Å². The Kier molecular flexibility index (Phi) is 10.8. The van der Waals surface area contributed by atoms with E-state index in [0.717, 1.165) is 41.1 Å². The van der Waals surface area contributed by atoms with Crippen LogP contribution in [0.15, 0.2) is 71.6 Å². The largest absolute Gasteiger partial charge is 0.352 e. The zero-order valence-electron chi connectivity index (χ0n) is 25.0. The van der Waals surface area contributed by atoms with E-state index in [2.05, 4.69) is 19.2 Å². The van der Waals surface area contributed by atoms with Crippen molar-refractivity contribution in [3.8, 4) is 0 Å². The smallest absolute Gasteiger partial charge is 0.264 e. The lowest BCUT2D eigenvalue weighted by Crippen LogP contribution is -2.52. The van der Waals surface area contributed by atoms with E-state index in [1.54, 1.807) is 49.4 Å². The number of sulfonamides is 1. The number of nitrogens with one attached hydrogen (secondary N) is 1. The minimum atomic E-state index is -4.14. The van der Waals surface area contributed by atoms with E-state index in [1.165, 1.54) is 17.0 Å². The molecule has 0 radical (unpaired) electrons. The van der Waals surface area contributed by atoms with Crippen LogP contribution in [0.5, 0.6) is 0 Å². The van der Waals surface area contributed by atoms with Gasteiger partial charge in [-0.2, -0.15) is 0 Å². The second-order valence-corrected chi connectivity index (χ2v) is 14.2. The molecule has 10 heteroatoms. The third kappa shape index (κ3) is 8.11. The maximum Gasteiger partial charge on any atom is 0.264 e. The van der Waals surface area contributed by atoms with Crippen LogP contribution < -0.4 is 9.62 Å². The van der Waals surface area contributed by atoms with E-state index in [9.17, 15) is 18.0 Å². The van der Waals surface area contributed by atoms with Gasteiger partial charge in [-0.05, 0) is 80.1 Å². The Balaban J connectivity index is 1.71. The molecule has 0 unspecified atom stereocenters. The van der Waals surface area contributed by atoms with Gasteiger partial charge in [-0.3, -0.25) is 13.9 Å². The van der Waals surface area contributed by atoms with Gasteiger partial charge >= 0.3 is 0 Å². The molecule has 1 N–H and O–H groups in total. The molecule has 1 aliphatic carbocycles. The number of amides is 2. The number of hydrogen-bond donors (Lipinski definition) is 1. The zero-order chi connectivity index (χ0) is 31.3. The number of anilines is 1. The fourth-order valence-corrected chi connectivity index (χ4v) is 6.94. The Labute approximate surface area is 265 Å². The maximum absolute atomic E-state index is 14.2. The number of hydrogen-bond acceptors (Lipinski definition) is 4. The van der Waals surface area contributed by atoms with Crippen LogP contribution in [0, 0.1) is 6.92 Å². The first-order valence-corrected chi connectivity index (χ1v) is 16.8. The fourth-order valence-electron chi connectivity index (χ4n) is 5.20. The van der Waals surface area contributed by atoms with Crippen molar-refractivity contribution in [3.63, 3.8) is 0 Å². The highest BCUT2D eigenvalue weighted by atomic mass is 35.5. The number of carbonyl (C=O) groups excluding carboxylic acids is 2. The molecule has 1 aliphatic rings. The molecule has 4 rings (SSSR count). The van der Waals surface area contributed by atoms with Gasteiger partial charge in [-0.15, -0.1) is 0 Å². The summed E-state index contributed by atoms with van der Waals surface area (Å²) in [6, 6.07) is 17.9. The Hall–Kier alpha value is -3.07. The normalized spacial score (nSPS) is 14.5. The van der Waals surface area contributed by atoms with Crippen LogP contribution in [-0.2, 0) is 26.2 Å². The molecule has 0 aromatic heterocycles. The lowest BCUT2D eigenvalue weighted by molar-refractivity contribution is -0.139. The summed E-state index contributed by atoms with van der Waals surface area (Å²) in [5, 5.41) is 3.77. The summed E-state index contributed by atoms with van der Waals surface area (Å²) in [7, 11) is -4.14. The van der Waals surface area contributed by atoms with Crippen LogP contribution in [0.25, 0.3) is 0 Å². The number of rotatable bonds is 11. The Morgan fingerprint density at radius 2 is 1.53 bits per heavy atom. The molecule has 3 aromatic rings. The van der Waals surface area contributed by atoms with Crippen LogP contribution in [-0.4, -0.2) is 43.8 Å². The molecular weight excluding hydrogens is 605 g/mol. The maximum atomic E-state index is 14.2. The third-order valence-corrected chi connectivity index (χ3v) is 10.5. The molecule has 0 bridgehead atoms. The van der Waals surface area contributed by atoms with Gasteiger partial charge in [-0.1, -0.05) is 85.8 Å². The highest BCUT2D eigenvalue weighted by Gasteiger charge is 2.33. The standard InChI is InChI=1S/C33H39Cl2N3O4S/c1-22(2)26-12-14-28(15-13-26)38(43(41,42)29-16-9-23(3)10-17-29)21-32(39)37(20-25-11-18-30(34)31(35)19-25)24(4)33(40)36-27-7-5-6-8-27/h9-19,22,24,27H,5-8,20-21H2,1-4H3,(H,36,40)/t24-/m1/s1. The molecule has 1 fully saturated rings. The zero-order valence-corrected chi connectivity index (χ0v) is 27.3. The van der Waals surface area contributed by atoms with Crippen LogP contribution in [0.2, 0.25) is 10.0 Å². The van der Waals surface area contributed by atoms with Crippen LogP contribution in [0.1, 0.15) is 69.1 Å². The van der Waals surface area contributed by atoms with E-state index in [0.29, 0.717) is 21.3 Å². The van der Waals surface area contributed by atoms with Gasteiger partial charge < -0.3 is 10.2 Å². The molecule has 1 atom stereocenters. The van der Waals surface area contributed by atoms with Crippen LogP contribution >= 0.6 is 23.2 Å². The quantitative estimate of drug-likeness (QED) is 0.241. The van der Waals surface area contributed by atoms with Gasteiger partial charge in [0.25, 0.3) is 10.0 Å². The van der Waals surface area contributed by atoms with Gasteiger partial charge in [0, 0.05) is 12.6 Å². The summed E-state index contributed by atoms with van der Waals surface area (Å²) in [6.45, 7) is 7.19. The predicted molar refractivity (Wildman–Crippen MR) is 173 cm³/mol. The van der Waals surface area contributed by atoms with Crippen molar-refractivity contribution in [2.45, 2.75) is 82.8 Å². The Morgan fingerprint density at radius 1 is 0.907 bits per heavy atom. The van der Waals surface area contributed by atoms with E-state index in [4.69, 9.17) is 23.2 Å². The summed E-state index contributed by atoms with van der Waals surface area (Å²) < 4.78 is 29.2. The SMILES string of the molecule is Cc1ccc(S(=O)(=O)N(CC(=O)N(Cc2ccc(Cl)c(Cl)c2)[C@H](C)C(=O)NC2CCCC2)c2ccc(C(C)C)cc2)cc1. The lowest BCUT2D eigenvalue weighted by atomic mass is 10.0. The molecule has 0 heterocycles. The minimum Gasteiger partial charge on any atom is -0.352 e. The van der Waals surface area contributed by atoms with Crippen LogP contribution in [0.3, 0.4) is 0 Å². The highest BCUT2D eigenvalue weighted by Crippen LogP contribution is 2.28. The topological polar surface area (TPSA) is 86.8 Å². The number of nitrogens with zero attached hydrogens (tertiary/aromatic N) is 2. The summed E-state index contributed by atoms with van der Waals surface area (Å²) in [5.74, 6) is -0.558. The van der Waals surface area contributed by atoms with Gasteiger partial charge in [0.05, 0.1) is 20.6 Å². The third-order valence-electron chi connectivity index (χ3n) is 7.94. The molecule has 1 saturated carbocycles. The summed E-state index contributed by atoms with van der Waals surface area (Å²) >= 11 is 12.4. The predicted octanol–water partition coefficient (Wildman–Crippen LogP) is 7.10. The number of carbonyl (C=O) groups is 2. The van der Waals surface area contributed by atoms with Gasteiger partial charge in [0.2, 0.25) is 11.8 Å². The first-order valence-electron chi connectivity index (χ1n) is 14.6. The Morgan fingerprint density at radius 3 is 2.12 bits per heavy atom. The highest BCUT2D eigenvalue weighted by molar-refractivity contribution is 7.92. The van der Waals surface area contributed by atoms with Crippen molar-refractivity contribution < 1.29 is 18.0 Å². The molecular formula is C33H39Cl2N3O4S. The van der Waals surface area contributed by atoms with E-state index < -0.39 is 28.5 Å². The average molecular weight is 645 g/mol. The van der Waals surface area contributed by atoms with Gasteiger partial charge in [-0.25, -0.2) is 8.42 Å². The first kappa shape index (κ1) is 32.8. The van der Waals surface area contributed by atoms with Gasteiger partial charge in [0.1, 0.15) is 12.6 Å². The minimum absolute atomic E-state index is 0.0414. The van der Waals surface area contributed by atoms with Crippen molar-refractivity contribution in [1.82, 2.24) is 10.2 Å². The van der Waals surface area contributed by atoms with Crippen LogP contribution in [0.4, 0.5) is 5.69 Å². The van der Waals surface area contributed by atoms with E-state index in [-0.39, 0.29) is 29.3 Å². The van der Waals surface area contributed by atoms with Crippen molar-refractivity contribution in [3.05, 3.63) is 93.5 Å². The molecule has 230 valence electrons. The molecule has 3 aromatic carbocycles. The summed E-state index contributed by atoms with van der Waals surface area (Å²) in [5.41, 5.74) is 2.98. The van der Waals surface area contributed by atoms with Crippen molar-refractivity contribution in [2.24, 2.45) is 0 Å². The molecule has 43 heavy (non-hydrogen) atoms. The monoisotopic (exact) mass is 643 g/mol. The number of aryl methyl sites for hydroxylation is 1. The molecule has 0 aliphatic heterocycles. The average Bonchev–Trinajstić information content (AvgIpc) is 3.49. The number of halogens is 2. The second-order valence-electron chi connectivity index (χ2n) is 11.5. The molecule has 0 spiro atoms. The number of benzene rings is 3. The van der Waals surface area contributed by atoms with Crippen molar-refractivity contribution in [1.29, 1.82) is 0 Å². The molecule has 0 saturated heterocycles. The van der Waals surface area contributed by atoms with Gasteiger partial charge in [0.15, 0.2) is 0 Å². The van der Waals surface area contributed by atoms with Crippen molar-refractivity contribution >= 4 is 50.7 Å². The first-order chi connectivity index (χ1) is 20.4. The van der Waals surface area contributed by atoms with E-state index >= 15 is 0 Å². The molecule has 2 amide bonds. The van der Waals surface area contributed by atoms with E-state index in [1.807, 2.05) is 19.1 Å². The molecule has 7 nitrogen and oxygen atoms in total. The second kappa shape index (κ2) is 14.1. The summed E-state index contributed by atoms with van der Waals surface area (Å²) in [4.78, 5) is 29.0.